The van der Waals surface area contributed by atoms with Gasteiger partial charge in [0, 0.05) is 31.9 Å². The van der Waals surface area contributed by atoms with E-state index < -0.39 is 10.0 Å². The highest BCUT2D eigenvalue weighted by Gasteiger charge is 2.24. The zero-order chi connectivity index (χ0) is 15.9. The van der Waals surface area contributed by atoms with Gasteiger partial charge in [0.15, 0.2) is 0 Å². The van der Waals surface area contributed by atoms with Crippen molar-refractivity contribution in [3.8, 4) is 0 Å². The van der Waals surface area contributed by atoms with E-state index in [1.165, 1.54) is 6.20 Å². The van der Waals surface area contributed by atoms with Crippen LogP contribution in [-0.4, -0.2) is 48.2 Å². The summed E-state index contributed by atoms with van der Waals surface area (Å²) in [4.78, 5) is 0.286. The Bertz CT molecular complexity index is 505. The molecule has 122 valence electrons. The first kappa shape index (κ1) is 18.1. The van der Waals surface area contributed by atoms with E-state index in [0.717, 1.165) is 19.4 Å². The number of aromatic nitrogens is 2. The van der Waals surface area contributed by atoms with Crippen molar-refractivity contribution in [2.75, 3.05) is 19.6 Å². The van der Waals surface area contributed by atoms with Gasteiger partial charge in [-0.2, -0.15) is 9.40 Å². The average molecular weight is 316 g/mol. The first-order valence-electron chi connectivity index (χ1n) is 7.67. The van der Waals surface area contributed by atoms with E-state index in [4.69, 9.17) is 0 Å². The standard InChI is InChI=1S/C14H28N4O2S/c1-5-8-18(9-6-2)21(19,20)14-11-16-17(12-14)10-7-15-13(3)4/h11-13,15H,5-10H2,1-4H3. The predicted octanol–water partition coefficient (Wildman–Crippen LogP) is 1.69. The Morgan fingerprint density at radius 1 is 1.29 bits per heavy atom. The van der Waals surface area contributed by atoms with Gasteiger partial charge in [0.25, 0.3) is 0 Å². The van der Waals surface area contributed by atoms with Crippen molar-refractivity contribution in [2.45, 2.75) is 58.0 Å². The van der Waals surface area contributed by atoms with Gasteiger partial charge in [0.2, 0.25) is 10.0 Å². The minimum absolute atomic E-state index is 0.286. The summed E-state index contributed by atoms with van der Waals surface area (Å²) in [5, 5.41) is 7.44. The second-order valence-corrected chi connectivity index (χ2v) is 7.39. The molecule has 1 rings (SSSR count). The van der Waals surface area contributed by atoms with E-state index in [9.17, 15) is 8.42 Å². The van der Waals surface area contributed by atoms with Gasteiger partial charge in [-0.3, -0.25) is 4.68 Å². The van der Waals surface area contributed by atoms with Crippen LogP contribution in [0.4, 0.5) is 0 Å². The topological polar surface area (TPSA) is 67.2 Å². The monoisotopic (exact) mass is 316 g/mol. The molecule has 0 aliphatic rings. The first-order valence-corrected chi connectivity index (χ1v) is 9.11. The summed E-state index contributed by atoms with van der Waals surface area (Å²) < 4.78 is 28.4. The smallest absolute Gasteiger partial charge is 0.246 e. The van der Waals surface area contributed by atoms with Crippen LogP contribution < -0.4 is 5.32 Å². The zero-order valence-electron chi connectivity index (χ0n) is 13.5. The number of nitrogens with zero attached hydrogens (tertiary/aromatic N) is 3. The molecule has 0 atom stereocenters. The molecule has 7 heteroatoms. The highest BCUT2D eigenvalue weighted by molar-refractivity contribution is 7.89. The lowest BCUT2D eigenvalue weighted by atomic mass is 10.4. The Balaban J connectivity index is 2.76. The van der Waals surface area contributed by atoms with Crippen molar-refractivity contribution >= 4 is 10.0 Å². The quantitative estimate of drug-likeness (QED) is 0.713. The van der Waals surface area contributed by atoms with Crippen LogP contribution in [0.3, 0.4) is 0 Å². The maximum atomic E-state index is 12.6. The number of rotatable bonds is 10. The van der Waals surface area contributed by atoms with Crippen molar-refractivity contribution in [3.63, 3.8) is 0 Å². The Morgan fingerprint density at radius 3 is 2.43 bits per heavy atom. The molecule has 1 N–H and O–H groups in total. The van der Waals surface area contributed by atoms with E-state index in [1.807, 2.05) is 13.8 Å². The molecular formula is C14H28N4O2S. The molecule has 0 aliphatic heterocycles. The van der Waals surface area contributed by atoms with Crippen molar-refractivity contribution in [1.82, 2.24) is 19.4 Å². The number of hydrogen-bond acceptors (Lipinski definition) is 4. The Labute approximate surface area is 128 Å². The minimum Gasteiger partial charge on any atom is -0.313 e. The van der Waals surface area contributed by atoms with Crippen molar-refractivity contribution in [2.24, 2.45) is 0 Å². The van der Waals surface area contributed by atoms with Gasteiger partial charge in [-0.25, -0.2) is 8.42 Å². The Hall–Kier alpha value is -0.920. The van der Waals surface area contributed by atoms with Crippen LogP contribution in [0.2, 0.25) is 0 Å². The van der Waals surface area contributed by atoms with Crippen LogP contribution in [0, 0.1) is 0 Å². The van der Waals surface area contributed by atoms with Crippen LogP contribution >= 0.6 is 0 Å². The van der Waals surface area contributed by atoms with Gasteiger partial charge >= 0.3 is 0 Å². The van der Waals surface area contributed by atoms with E-state index in [-0.39, 0.29) is 4.90 Å². The molecule has 0 radical (unpaired) electrons. The lowest BCUT2D eigenvalue weighted by Gasteiger charge is -2.19. The van der Waals surface area contributed by atoms with Crippen LogP contribution in [0.25, 0.3) is 0 Å². The molecule has 1 aromatic rings. The lowest BCUT2D eigenvalue weighted by Crippen LogP contribution is -2.32. The summed E-state index contributed by atoms with van der Waals surface area (Å²) in [6, 6.07) is 0.411. The summed E-state index contributed by atoms with van der Waals surface area (Å²) >= 11 is 0. The Kier molecular flexibility index (Phi) is 7.34. The molecule has 1 aromatic heterocycles. The summed E-state index contributed by atoms with van der Waals surface area (Å²) in [5.74, 6) is 0. The van der Waals surface area contributed by atoms with Crippen molar-refractivity contribution < 1.29 is 8.42 Å². The largest absolute Gasteiger partial charge is 0.313 e. The molecule has 6 nitrogen and oxygen atoms in total. The van der Waals surface area contributed by atoms with Gasteiger partial charge < -0.3 is 5.32 Å². The molecule has 0 aliphatic carbocycles. The SMILES string of the molecule is CCCN(CCC)S(=O)(=O)c1cnn(CCNC(C)C)c1. The van der Waals surface area contributed by atoms with Crippen LogP contribution in [0.5, 0.6) is 0 Å². The van der Waals surface area contributed by atoms with Crippen molar-refractivity contribution in [1.29, 1.82) is 0 Å². The summed E-state index contributed by atoms with van der Waals surface area (Å²) in [5.41, 5.74) is 0. The number of hydrogen-bond donors (Lipinski definition) is 1. The molecule has 0 saturated heterocycles. The van der Waals surface area contributed by atoms with E-state index >= 15 is 0 Å². The van der Waals surface area contributed by atoms with Crippen molar-refractivity contribution in [3.05, 3.63) is 12.4 Å². The first-order chi connectivity index (χ1) is 9.91. The third-order valence-electron chi connectivity index (χ3n) is 3.09. The number of nitrogens with one attached hydrogen (secondary N) is 1. The van der Waals surface area contributed by atoms with Gasteiger partial charge in [-0.15, -0.1) is 0 Å². The number of sulfonamides is 1. The van der Waals surface area contributed by atoms with E-state index in [0.29, 0.717) is 25.7 Å². The minimum atomic E-state index is -3.42. The molecule has 0 aromatic carbocycles. The van der Waals surface area contributed by atoms with Crippen LogP contribution in [0.1, 0.15) is 40.5 Å². The summed E-state index contributed by atoms with van der Waals surface area (Å²) in [7, 11) is -3.42. The molecule has 0 amide bonds. The maximum absolute atomic E-state index is 12.6. The van der Waals surface area contributed by atoms with Gasteiger partial charge in [0.1, 0.15) is 4.90 Å². The fourth-order valence-electron chi connectivity index (χ4n) is 2.07. The third kappa shape index (κ3) is 5.41. The fourth-order valence-corrected chi connectivity index (χ4v) is 3.65. The predicted molar refractivity (Wildman–Crippen MR) is 84.7 cm³/mol. The lowest BCUT2D eigenvalue weighted by molar-refractivity contribution is 0.410. The third-order valence-corrected chi connectivity index (χ3v) is 4.94. The second kappa shape index (κ2) is 8.51. The fraction of sp³-hybridized carbons (Fsp3) is 0.786. The molecule has 0 fully saturated rings. The highest BCUT2D eigenvalue weighted by Crippen LogP contribution is 2.15. The van der Waals surface area contributed by atoms with E-state index in [2.05, 4.69) is 24.3 Å². The summed E-state index contributed by atoms with van der Waals surface area (Å²) in [6.07, 6.45) is 4.69. The van der Waals surface area contributed by atoms with E-state index in [1.54, 1.807) is 15.2 Å². The van der Waals surface area contributed by atoms with Gasteiger partial charge in [0.05, 0.1) is 12.7 Å². The molecule has 0 saturated carbocycles. The van der Waals surface area contributed by atoms with Gasteiger partial charge in [-0.1, -0.05) is 27.7 Å². The molecule has 0 bridgehead atoms. The van der Waals surface area contributed by atoms with Gasteiger partial charge in [-0.05, 0) is 12.8 Å². The molecule has 1 heterocycles. The highest BCUT2D eigenvalue weighted by atomic mass is 32.2. The van der Waals surface area contributed by atoms with Crippen LogP contribution in [0.15, 0.2) is 17.3 Å². The molecular weight excluding hydrogens is 288 g/mol. The molecule has 0 unspecified atom stereocenters. The second-order valence-electron chi connectivity index (χ2n) is 5.45. The zero-order valence-corrected chi connectivity index (χ0v) is 14.4. The normalized spacial score (nSPS) is 12.5. The average Bonchev–Trinajstić information content (AvgIpc) is 2.87. The molecule has 21 heavy (non-hydrogen) atoms. The Morgan fingerprint density at radius 2 is 1.90 bits per heavy atom. The van der Waals surface area contributed by atoms with Crippen LogP contribution in [-0.2, 0) is 16.6 Å². The summed E-state index contributed by atoms with van der Waals surface area (Å²) in [6.45, 7) is 10.7. The maximum Gasteiger partial charge on any atom is 0.246 e. The molecule has 0 spiro atoms.